The maximum Gasteiger partial charge on any atom is 0.337 e. The minimum atomic E-state index is -0.912. The van der Waals surface area contributed by atoms with Crippen LogP contribution in [0, 0.1) is 6.92 Å². The summed E-state index contributed by atoms with van der Waals surface area (Å²) in [7, 11) is 0. The van der Waals surface area contributed by atoms with Crippen LogP contribution in [0.4, 0.5) is 0 Å². The molecule has 1 atom stereocenters. The van der Waals surface area contributed by atoms with Crippen molar-refractivity contribution in [3.63, 3.8) is 0 Å². The Hall–Kier alpha value is -1.03. The maximum absolute atomic E-state index is 10.8. The van der Waals surface area contributed by atoms with Crippen LogP contribution in [-0.4, -0.2) is 22.3 Å². The fraction of sp³-hybridized carbons (Fsp3) is 0.400. The fourth-order valence-corrected chi connectivity index (χ4v) is 1.53. The van der Waals surface area contributed by atoms with E-state index in [1.165, 1.54) is 0 Å². The number of hydrogen-bond acceptors (Lipinski definition) is 3. The van der Waals surface area contributed by atoms with Gasteiger partial charge in [0.15, 0.2) is 0 Å². The zero-order chi connectivity index (χ0) is 10.7. The van der Waals surface area contributed by atoms with E-state index in [2.05, 4.69) is 4.98 Å². The molecule has 0 amide bonds. The number of carboxylic acids is 1. The highest BCUT2D eigenvalue weighted by molar-refractivity contribution is 7.98. The van der Waals surface area contributed by atoms with Crippen molar-refractivity contribution in [3.05, 3.63) is 29.1 Å². The first kappa shape index (κ1) is 11.0. The van der Waals surface area contributed by atoms with Gasteiger partial charge in [-0.2, -0.15) is 11.8 Å². The molecule has 0 aliphatic heterocycles. The number of carboxylic acid groups (broad SMARTS) is 1. The van der Waals surface area contributed by atoms with Crippen molar-refractivity contribution in [1.29, 1.82) is 0 Å². The predicted octanol–water partition coefficient (Wildman–Crippen LogP) is 2.51. The van der Waals surface area contributed by atoms with Gasteiger partial charge in [0.25, 0.3) is 0 Å². The van der Waals surface area contributed by atoms with Gasteiger partial charge in [-0.3, -0.25) is 4.98 Å². The Kier molecular flexibility index (Phi) is 3.52. The molecule has 0 spiro atoms. The van der Waals surface area contributed by atoms with Crippen LogP contribution in [0.2, 0.25) is 0 Å². The van der Waals surface area contributed by atoms with E-state index >= 15 is 0 Å². The lowest BCUT2D eigenvalue weighted by atomic mass is 10.1. The van der Waals surface area contributed by atoms with Crippen LogP contribution in [0.25, 0.3) is 0 Å². The largest absolute Gasteiger partial charge is 0.478 e. The van der Waals surface area contributed by atoms with Crippen LogP contribution in [0.15, 0.2) is 12.3 Å². The van der Waals surface area contributed by atoms with Gasteiger partial charge in [0.2, 0.25) is 0 Å². The number of aryl methyl sites for hydroxylation is 1. The summed E-state index contributed by atoms with van der Waals surface area (Å²) < 4.78 is 0. The van der Waals surface area contributed by atoms with Gasteiger partial charge in [-0.1, -0.05) is 0 Å². The second kappa shape index (κ2) is 4.46. The normalized spacial score (nSPS) is 12.5. The molecule has 0 aliphatic carbocycles. The minimum Gasteiger partial charge on any atom is -0.478 e. The summed E-state index contributed by atoms with van der Waals surface area (Å²) in [4.78, 5) is 14.9. The highest BCUT2D eigenvalue weighted by atomic mass is 32.2. The van der Waals surface area contributed by atoms with E-state index in [9.17, 15) is 4.79 Å². The molecule has 1 aromatic rings. The van der Waals surface area contributed by atoms with Gasteiger partial charge in [0.1, 0.15) is 0 Å². The monoisotopic (exact) mass is 211 g/mol. The van der Waals surface area contributed by atoms with Gasteiger partial charge in [0, 0.05) is 11.4 Å². The maximum atomic E-state index is 10.8. The summed E-state index contributed by atoms with van der Waals surface area (Å²) in [5.74, 6) is -0.912. The molecule has 0 saturated carbocycles. The zero-order valence-corrected chi connectivity index (χ0v) is 9.26. The van der Waals surface area contributed by atoms with E-state index in [-0.39, 0.29) is 5.25 Å². The molecule has 1 aromatic heterocycles. The summed E-state index contributed by atoms with van der Waals surface area (Å²) in [5, 5.41) is 9.18. The Bertz CT molecular complexity index is 352. The number of pyridine rings is 1. The summed E-state index contributed by atoms with van der Waals surface area (Å²) in [6.07, 6.45) is 3.73. The standard InChI is InChI=1S/C10H13NO2S/c1-6-9(10(12)13)4-8(5-11-6)7(2)14-3/h4-5,7H,1-3H3,(H,12,13). The Morgan fingerprint density at radius 3 is 2.79 bits per heavy atom. The van der Waals surface area contributed by atoms with Crippen molar-refractivity contribution < 1.29 is 9.90 Å². The first-order chi connectivity index (χ1) is 6.56. The average molecular weight is 211 g/mol. The number of rotatable bonds is 3. The van der Waals surface area contributed by atoms with Gasteiger partial charge < -0.3 is 5.11 Å². The van der Waals surface area contributed by atoms with Crippen molar-refractivity contribution in [2.24, 2.45) is 0 Å². The molecular weight excluding hydrogens is 198 g/mol. The van der Waals surface area contributed by atoms with Crippen LogP contribution in [0.1, 0.15) is 33.8 Å². The van der Waals surface area contributed by atoms with E-state index in [4.69, 9.17) is 5.11 Å². The number of hydrogen-bond donors (Lipinski definition) is 1. The molecule has 1 heterocycles. The lowest BCUT2D eigenvalue weighted by Crippen LogP contribution is -2.03. The lowest BCUT2D eigenvalue weighted by Gasteiger charge is -2.09. The SMILES string of the molecule is CSC(C)c1cnc(C)c(C(=O)O)c1. The molecule has 14 heavy (non-hydrogen) atoms. The summed E-state index contributed by atoms with van der Waals surface area (Å²) in [6, 6.07) is 1.70. The second-order valence-corrected chi connectivity index (χ2v) is 4.26. The number of aromatic carboxylic acids is 1. The van der Waals surface area contributed by atoms with Crippen molar-refractivity contribution in [2.45, 2.75) is 19.1 Å². The van der Waals surface area contributed by atoms with Gasteiger partial charge in [-0.15, -0.1) is 0 Å². The zero-order valence-electron chi connectivity index (χ0n) is 8.44. The van der Waals surface area contributed by atoms with E-state index in [0.717, 1.165) is 5.56 Å². The van der Waals surface area contributed by atoms with Crippen molar-refractivity contribution >= 4 is 17.7 Å². The highest BCUT2D eigenvalue weighted by Crippen LogP contribution is 2.26. The first-order valence-corrected chi connectivity index (χ1v) is 5.57. The number of carbonyl (C=O) groups is 1. The van der Waals surface area contributed by atoms with Crippen LogP contribution >= 0.6 is 11.8 Å². The topological polar surface area (TPSA) is 50.2 Å². The van der Waals surface area contributed by atoms with E-state index in [1.54, 1.807) is 30.9 Å². The molecule has 0 aliphatic rings. The molecule has 0 radical (unpaired) electrons. The van der Waals surface area contributed by atoms with Gasteiger partial charge in [-0.25, -0.2) is 4.79 Å². The predicted molar refractivity (Wildman–Crippen MR) is 57.9 cm³/mol. The summed E-state index contributed by atoms with van der Waals surface area (Å²) in [5.41, 5.74) is 1.82. The molecule has 4 heteroatoms. The highest BCUT2D eigenvalue weighted by Gasteiger charge is 2.11. The van der Waals surface area contributed by atoms with Crippen molar-refractivity contribution in [1.82, 2.24) is 4.98 Å². The average Bonchev–Trinajstić information content (AvgIpc) is 2.17. The molecule has 76 valence electrons. The Balaban J connectivity index is 3.12. The first-order valence-electron chi connectivity index (χ1n) is 4.29. The molecule has 0 aromatic carbocycles. The van der Waals surface area contributed by atoms with Crippen molar-refractivity contribution in [3.8, 4) is 0 Å². The Morgan fingerprint density at radius 1 is 1.64 bits per heavy atom. The molecule has 3 nitrogen and oxygen atoms in total. The number of thioether (sulfide) groups is 1. The van der Waals surface area contributed by atoms with Gasteiger partial charge in [-0.05, 0) is 31.7 Å². The molecule has 1 unspecified atom stereocenters. The van der Waals surface area contributed by atoms with Crippen molar-refractivity contribution in [2.75, 3.05) is 6.26 Å². The third-order valence-electron chi connectivity index (χ3n) is 2.16. The third kappa shape index (κ3) is 2.26. The number of aromatic nitrogens is 1. The number of nitrogens with zero attached hydrogens (tertiary/aromatic N) is 1. The van der Waals surface area contributed by atoms with E-state index in [1.807, 2.05) is 13.2 Å². The molecular formula is C10H13NO2S. The third-order valence-corrected chi connectivity index (χ3v) is 3.14. The molecule has 0 fully saturated rings. The Morgan fingerprint density at radius 2 is 2.29 bits per heavy atom. The minimum absolute atomic E-state index is 0.279. The second-order valence-electron chi connectivity index (χ2n) is 3.08. The van der Waals surface area contributed by atoms with Crippen LogP contribution < -0.4 is 0 Å². The molecule has 0 saturated heterocycles. The van der Waals surface area contributed by atoms with Gasteiger partial charge in [0.05, 0.1) is 11.3 Å². The lowest BCUT2D eigenvalue weighted by molar-refractivity contribution is 0.0695. The smallest absolute Gasteiger partial charge is 0.337 e. The molecule has 1 N–H and O–H groups in total. The van der Waals surface area contributed by atoms with Gasteiger partial charge >= 0.3 is 5.97 Å². The van der Waals surface area contributed by atoms with E-state index in [0.29, 0.717) is 11.3 Å². The van der Waals surface area contributed by atoms with Crippen LogP contribution in [0.5, 0.6) is 0 Å². The summed E-state index contributed by atoms with van der Waals surface area (Å²) >= 11 is 1.67. The molecule has 0 bridgehead atoms. The Labute approximate surface area is 87.6 Å². The molecule has 1 rings (SSSR count). The van der Waals surface area contributed by atoms with E-state index < -0.39 is 5.97 Å². The quantitative estimate of drug-likeness (QED) is 0.834. The summed E-state index contributed by atoms with van der Waals surface area (Å²) in [6.45, 7) is 3.74. The fourth-order valence-electron chi connectivity index (χ4n) is 1.12. The van der Waals surface area contributed by atoms with Crippen LogP contribution in [-0.2, 0) is 0 Å². The van der Waals surface area contributed by atoms with Crippen LogP contribution in [0.3, 0.4) is 0 Å².